The number of carbonyl (C=O) groups excluding carboxylic acids is 1. The van der Waals surface area contributed by atoms with Gasteiger partial charge in [-0.05, 0) is 55.9 Å². The van der Waals surface area contributed by atoms with Gasteiger partial charge in [0.1, 0.15) is 0 Å². The van der Waals surface area contributed by atoms with E-state index in [2.05, 4.69) is 40.0 Å². The molecule has 2 bridgehead atoms. The van der Waals surface area contributed by atoms with Gasteiger partial charge in [-0.25, -0.2) is 0 Å². The molecule has 3 nitrogen and oxygen atoms in total. The van der Waals surface area contributed by atoms with E-state index in [9.17, 15) is 4.79 Å². The molecule has 1 aromatic rings. The van der Waals surface area contributed by atoms with Crippen molar-refractivity contribution < 1.29 is 4.79 Å². The summed E-state index contributed by atoms with van der Waals surface area (Å²) in [6.45, 7) is 5.80. The molecule has 2 aliphatic rings. The maximum absolute atomic E-state index is 12.5. The van der Waals surface area contributed by atoms with E-state index in [0.29, 0.717) is 24.0 Å². The normalized spacial score (nSPS) is 27.9. The Kier molecular flexibility index (Phi) is 5.42. The summed E-state index contributed by atoms with van der Waals surface area (Å²) in [4.78, 5) is 15.2. The summed E-state index contributed by atoms with van der Waals surface area (Å²) in [5, 5.41) is 3.28. The number of benzene rings is 1. The number of fused-ring (bicyclic) bond motifs is 2. The van der Waals surface area contributed by atoms with Crippen LogP contribution >= 0.6 is 15.9 Å². The number of halogens is 1. The third-order valence-electron chi connectivity index (χ3n) is 5.14. The van der Waals surface area contributed by atoms with Crippen molar-refractivity contribution in [2.24, 2.45) is 5.92 Å². The third-order valence-corrected chi connectivity index (χ3v) is 5.67. The van der Waals surface area contributed by atoms with Crippen LogP contribution in [-0.2, 0) is 0 Å². The van der Waals surface area contributed by atoms with Gasteiger partial charge in [0.2, 0.25) is 0 Å². The topological polar surface area (TPSA) is 32.3 Å². The Bertz CT molecular complexity index is 529. The summed E-state index contributed by atoms with van der Waals surface area (Å²) < 4.78 is 1.01. The smallest absolute Gasteiger partial charge is 0.251 e. The number of amides is 1. The molecule has 0 spiro atoms. The Morgan fingerprint density at radius 1 is 1.22 bits per heavy atom. The highest BCUT2D eigenvalue weighted by molar-refractivity contribution is 9.10. The van der Waals surface area contributed by atoms with Gasteiger partial charge in [-0.15, -0.1) is 0 Å². The van der Waals surface area contributed by atoms with Crippen molar-refractivity contribution in [2.75, 3.05) is 6.54 Å². The fourth-order valence-electron chi connectivity index (χ4n) is 4.19. The first-order chi connectivity index (χ1) is 11.0. The van der Waals surface area contributed by atoms with E-state index >= 15 is 0 Å². The zero-order valence-electron chi connectivity index (χ0n) is 14.1. The lowest BCUT2D eigenvalue weighted by Crippen LogP contribution is -2.57. The van der Waals surface area contributed by atoms with Crippen molar-refractivity contribution in [3.05, 3.63) is 34.3 Å². The van der Waals surface area contributed by atoms with E-state index < -0.39 is 0 Å². The number of rotatable bonds is 4. The molecular formula is C19H27BrN2O. The van der Waals surface area contributed by atoms with Crippen molar-refractivity contribution in [2.45, 2.75) is 64.1 Å². The highest BCUT2D eigenvalue weighted by Crippen LogP contribution is 2.34. The number of piperidine rings is 2. The van der Waals surface area contributed by atoms with Gasteiger partial charge in [-0.2, -0.15) is 0 Å². The molecular weight excluding hydrogens is 352 g/mol. The number of hydrogen-bond acceptors (Lipinski definition) is 2. The Balaban J connectivity index is 1.62. The van der Waals surface area contributed by atoms with Gasteiger partial charge in [0, 0.05) is 34.7 Å². The molecule has 2 aliphatic heterocycles. The fraction of sp³-hybridized carbons (Fsp3) is 0.632. The SMILES string of the molecule is CC(C)CN1C2CCCC1CC(NC(=O)c1ccc(Br)cc1)C2. The summed E-state index contributed by atoms with van der Waals surface area (Å²) in [6.07, 6.45) is 6.12. The first-order valence-electron chi connectivity index (χ1n) is 8.85. The zero-order chi connectivity index (χ0) is 16.4. The van der Waals surface area contributed by atoms with Crippen LogP contribution in [0.2, 0.25) is 0 Å². The predicted octanol–water partition coefficient (Wildman–Crippen LogP) is 4.22. The van der Waals surface area contributed by atoms with E-state index in [-0.39, 0.29) is 5.91 Å². The van der Waals surface area contributed by atoms with Crippen molar-refractivity contribution in [3.8, 4) is 0 Å². The average Bonchev–Trinajstić information content (AvgIpc) is 2.48. The second kappa shape index (κ2) is 7.35. The molecule has 0 aliphatic carbocycles. The molecule has 126 valence electrons. The minimum atomic E-state index is 0.0675. The molecule has 23 heavy (non-hydrogen) atoms. The Morgan fingerprint density at radius 3 is 2.39 bits per heavy atom. The number of nitrogens with zero attached hydrogens (tertiary/aromatic N) is 1. The molecule has 0 radical (unpaired) electrons. The zero-order valence-corrected chi connectivity index (χ0v) is 15.7. The first kappa shape index (κ1) is 17.0. The van der Waals surface area contributed by atoms with Gasteiger partial charge in [-0.3, -0.25) is 9.69 Å². The minimum Gasteiger partial charge on any atom is -0.349 e. The molecule has 1 N–H and O–H groups in total. The number of hydrogen-bond donors (Lipinski definition) is 1. The van der Waals surface area contributed by atoms with E-state index in [0.717, 1.165) is 22.9 Å². The highest BCUT2D eigenvalue weighted by atomic mass is 79.9. The lowest BCUT2D eigenvalue weighted by molar-refractivity contribution is 0.0158. The maximum atomic E-state index is 12.5. The molecule has 2 fully saturated rings. The largest absolute Gasteiger partial charge is 0.349 e. The summed E-state index contributed by atoms with van der Waals surface area (Å²) in [5.74, 6) is 0.782. The van der Waals surface area contributed by atoms with Crippen molar-refractivity contribution in [1.82, 2.24) is 10.2 Å². The summed E-state index contributed by atoms with van der Waals surface area (Å²) in [6, 6.07) is 9.25. The van der Waals surface area contributed by atoms with E-state index in [1.165, 1.54) is 25.8 Å². The van der Waals surface area contributed by atoms with Crippen LogP contribution in [0.5, 0.6) is 0 Å². The Hall–Kier alpha value is -0.870. The van der Waals surface area contributed by atoms with Crippen LogP contribution in [0.15, 0.2) is 28.7 Å². The predicted molar refractivity (Wildman–Crippen MR) is 97.6 cm³/mol. The van der Waals surface area contributed by atoms with Crippen molar-refractivity contribution in [3.63, 3.8) is 0 Å². The lowest BCUT2D eigenvalue weighted by Gasteiger charge is -2.49. The second-order valence-corrected chi connectivity index (χ2v) is 8.39. The summed E-state index contributed by atoms with van der Waals surface area (Å²) in [7, 11) is 0. The number of nitrogens with one attached hydrogen (secondary N) is 1. The molecule has 2 unspecified atom stereocenters. The molecule has 3 rings (SSSR count). The molecule has 4 heteroatoms. The minimum absolute atomic E-state index is 0.0675. The molecule has 0 saturated carbocycles. The molecule has 2 heterocycles. The van der Waals surface area contributed by atoms with Crippen LogP contribution in [0.25, 0.3) is 0 Å². The monoisotopic (exact) mass is 378 g/mol. The van der Waals surface area contributed by atoms with Gasteiger partial charge in [-0.1, -0.05) is 36.2 Å². The van der Waals surface area contributed by atoms with Gasteiger partial charge in [0.15, 0.2) is 0 Å². The van der Waals surface area contributed by atoms with Gasteiger partial charge in [0.25, 0.3) is 5.91 Å². The summed E-state index contributed by atoms with van der Waals surface area (Å²) >= 11 is 3.41. The van der Waals surface area contributed by atoms with E-state index in [1.54, 1.807) is 0 Å². The molecule has 2 saturated heterocycles. The quantitative estimate of drug-likeness (QED) is 0.850. The Labute approximate surface area is 148 Å². The van der Waals surface area contributed by atoms with Crippen molar-refractivity contribution in [1.29, 1.82) is 0 Å². The van der Waals surface area contributed by atoms with E-state index in [1.807, 2.05) is 24.3 Å². The van der Waals surface area contributed by atoms with Gasteiger partial charge >= 0.3 is 0 Å². The van der Waals surface area contributed by atoms with E-state index in [4.69, 9.17) is 0 Å². The number of carbonyl (C=O) groups is 1. The van der Waals surface area contributed by atoms with Crippen LogP contribution < -0.4 is 5.32 Å². The molecule has 1 amide bonds. The Morgan fingerprint density at radius 2 is 1.83 bits per heavy atom. The van der Waals surface area contributed by atoms with Crippen LogP contribution in [0.1, 0.15) is 56.3 Å². The molecule has 0 aromatic heterocycles. The molecule has 2 atom stereocenters. The average molecular weight is 379 g/mol. The van der Waals surface area contributed by atoms with Crippen molar-refractivity contribution >= 4 is 21.8 Å². The maximum Gasteiger partial charge on any atom is 0.251 e. The van der Waals surface area contributed by atoms with Gasteiger partial charge < -0.3 is 5.32 Å². The standard InChI is InChI=1S/C19H27BrN2O/c1-13(2)12-22-17-4-3-5-18(22)11-16(10-17)21-19(23)14-6-8-15(20)9-7-14/h6-9,13,16-18H,3-5,10-12H2,1-2H3,(H,21,23). The van der Waals surface area contributed by atoms with Gasteiger partial charge in [0.05, 0.1) is 0 Å². The second-order valence-electron chi connectivity index (χ2n) is 7.48. The lowest BCUT2D eigenvalue weighted by atomic mass is 9.81. The van der Waals surface area contributed by atoms with Crippen LogP contribution in [0, 0.1) is 5.92 Å². The molecule has 1 aromatic carbocycles. The van der Waals surface area contributed by atoms with Crippen LogP contribution in [0.4, 0.5) is 0 Å². The highest BCUT2D eigenvalue weighted by Gasteiger charge is 2.38. The van der Waals surface area contributed by atoms with Crippen LogP contribution in [0.3, 0.4) is 0 Å². The first-order valence-corrected chi connectivity index (χ1v) is 9.64. The van der Waals surface area contributed by atoms with Crippen LogP contribution in [-0.4, -0.2) is 35.5 Å². The summed E-state index contributed by atoms with van der Waals surface area (Å²) in [5.41, 5.74) is 0.753. The third kappa shape index (κ3) is 4.16. The fourth-order valence-corrected chi connectivity index (χ4v) is 4.45.